The maximum Gasteiger partial charge on any atom is 0.242 e. The lowest BCUT2D eigenvalue weighted by atomic mass is 10.4. The predicted molar refractivity (Wildman–Crippen MR) is 113 cm³/mol. The standard InChI is InChI=1S/C8H10N4O3.C8H9N3O2.C4H6N2O/c1-5-9-11-7(14-5)3-13-4-8-12-10-6(2)15-8;1-5-9-4-7(12-5)3-8-11-10-6(2)13-8;1-3-5-6-4(2)7-3/h3-4H2,1-2H3;4H,3H2,1-2H3;1-2H3. The Balaban J connectivity index is 0.000000156. The van der Waals surface area contributed by atoms with E-state index in [1.165, 1.54) is 0 Å². The average molecular weight is 487 g/mol. The Morgan fingerprint density at radius 3 is 1.29 bits per heavy atom. The summed E-state index contributed by atoms with van der Waals surface area (Å²) in [6.07, 6.45) is 2.16. The number of aryl methyl sites for hydroxylation is 6. The summed E-state index contributed by atoms with van der Waals surface area (Å²) in [5.41, 5.74) is 0. The third kappa shape index (κ3) is 8.88. The highest BCUT2D eigenvalue weighted by atomic mass is 16.5. The van der Waals surface area contributed by atoms with E-state index in [0.29, 0.717) is 59.4 Å². The first-order chi connectivity index (χ1) is 16.8. The maximum atomic E-state index is 5.26. The lowest BCUT2D eigenvalue weighted by Crippen LogP contribution is -1.94. The van der Waals surface area contributed by atoms with Crippen molar-refractivity contribution in [3.8, 4) is 0 Å². The van der Waals surface area contributed by atoms with Gasteiger partial charge in [-0.15, -0.1) is 40.8 Å². The summed E-state index contributed by atoms with van der Waals surface area (Å²) in [5, 5.41) is 29.6. The molecule has 0 unspecified atom stereocenters. The number of hydrogen-bond donors (Lipinski definition) is 0. The second kappa shape index (κ2) is 12.3. The molecular formula is C20H25N9O6. The minimum absolute atomic E-state index is 0.238. The molecule has 0 amide bonds. The highest BCUT2D eigenvalue weighted by molar-refractivity contribution is 5.00. The molecule has 0 aliphatic heterocycles. The normalized spacial score (nSPS) is 10.5. The van der Waals surface area contributed by atoms with E-state index >= 15 is 0 Å². The van der Waals surface area contributed by atoms with Gasteiger partial charge in [-0.1, -0.05) is 0 Å². The topological polar surface area (TPSA) is 191 Å². The highest BCUT2D eigenvalue weighted by Gasteiger charge is 2.07. The van der Waals surface area contributed by atoms with Gasteiger partial charge in [-0.05, 0) is 0 Å². The molecule has 0 aliphatic rings. The van der Waals surface area contributed by atoms with E-state index in [4.69, 9.17) is 26.8 Å². The third-order valence-electron chi connectivity index (χ3n) is 3.78. The zero-order valence-corrected chi connectivity index (χ0v) is 20.2. The van der Waals surface area contributed by atoms with Crippen molar-refractivity contribution in [2.24, 2.45) is 0 Å². The van der Waals surface area contributed by atoms with Gasteiger partial charge in [0.05, 0.1) is 12.6 Å². The molecule has 5 aromatic rings. The predicted octanol–water partition coefficient (Wildman–Crippen LogP) is 2.74. The first kappa shape index (κ1) is 25.4. The van der Waals surface area contributed by atoms with Crippen LogP contribution in [-0.2, 0) is 24.4 Å². The molecule has 0 aliphatic carbocycles. The fraction of sp³-hybridized carbons (Fsp3) is 0.450. The molecule has 0 saturated heterocycles. The van der Waals surface area contributed by atoms with E-state index in [0.717, 1.165) is 5.76 Å². The van der Waals surface area contributed by atoms with Gasteiger partial charge < -0.3 is 26.8 Å². The van der Waals surface area contributed by atoms with Crippen molar-refractivity contribution in [1.29, 1.82) is 0 Å². The molecule has 186 valence electrons. The summed E-state index contributed by atoms with van der Waals surface area (Å²) in [7, 11) is 0. The number of rotatable bonds is 6. The van der Waals surface area contributed by atoms with Gasteiger partial charge in [0.1, 0.15) is 19.0 Å². The minimum Gasteiger partial charge on any atom is -0.446 e. The van der Waals surface area contributed by atoms with Crippen LogP contribution < -0.4 is 0 Å². The summed E-state index contributed by atoms with van der Waals surface area (Å²) in [5.74, 6) is 5.64. The molecule has 0 spiro atoms. The molecule has 0 aromatic carbocycles. The molecule has 15 nitrogen and oxygen atoms in total. The SMILES string of the molecule is Cc1ncc(Cc2nnc(C)o2)o1.Cc1nnc(C)o1.Cc1nnc(COCc2nnc(C)o2)o1. The number of hydrogen-bond acceptors (Lipinski definition) is 15. The van der Waals surface area contributed by atoms with E-state index < -0.39 is 0 Å². The summed E-state index contributed by atoms with van der Waals surface area (Å²) < 4.78 is 30.8. The highest BCUT2D eigenvalue weighted by Crippen LogP contribution is 2.09. The van der Waals surface area contributed by atoms with Crippen molar-refractivity contribution in [3.63, 3.8) is 0 Å². The van der Waals surface area contributed by atoms with Gasteiger partial charge in [0.25, 0.3) is 0 Å². The van der Waals surface area contributed by atoms with E-state index in [-0.39, 0.29) is 13.2 Å². The van der Waals surface area contributed by atoms with Crippen LogP contribution in [0, 0.1) is 41.5 Å². The molecule has 5 rings (SSSR count). The first-order valence-electron chi connectivity index (χ1n) is 10.4. The summed E-state index contributed by atoms with van der Waals surface area (Å²) >= 11 is 0. The summed E-state index contributed by atoms with van der Waals surface area (Å²) in [6.45, 7) is 11.0. The molecule has 0 bridgehead atoms. The van der Waals surface area contributed by atoms with Crippen LogP contribution in [0.5, 0.6) is 0 Å². The number of aromatic nitrogens is 9. The molecule has 0 atom stereocenters. The molecule has 5 aromatic heterocycles. The lowest BCUT2D eigenvalue weighted by molar-refractivity contribution is 0.0731. The fourth-order valence-corrected chi connectivity index (χ4v) is 2.46. The maximum absolute atomic E-state index is 5.26. The third-order valence-corrected chi connectivity index (χ3v) is 3.78. The van der Waals surface area contributed by atoms with E-state index in [9.17, 15) is 0 Å². The van der Waals surface area contributed by atoms with Crippen molar-refractivity contribution < 1.29 is 26.8 Å². The van der Waals surface area contributed by atoms with Crippen molar-refractivity contribution >= 4 is 0 Å². The fourth-order valence-electron chi connectivity index (χ4n) is 2.46. The lowest BCUT2D eigenvalue weighted by Gasteiger charge is -1.95. The van der Waals surface area contributed by atoms with Gasteiger partial charge in [0.2, 0.25) is 47.1 Å². The van der Waals surface area contributed by atoms with Crippen molar-refractivity contribution in [2.45, 2.75) is 61.2 Å². The smallest absolute Gasteiger partial charge is 0.242 e. The first-order valence-corrected chi connectivity index (χ1v) is 10.4. The van der Waals surface area contributed by atoms with E-state index in [1.54, 1.807) is 47.7 Å². The van der Waals surface area contributed by atoms with Crippen LogP contribution in [0.15, 0.2) is 28.3 Å². The van der Waals surface area contributed by atoms with Crippen molar-refractivity contribution in [3.05, 3.63) is 65.0 Å². The molecule has 35 heavy (non-hydrogen) atoms. The Morgan fingerprint density at radius 2 is 0.943 bits per heavy atom. The second-order valence-corrected chi connectivity index (χ2v) is 7.00. The van der Waals surface area contributed by atoms with Crippen LogP contribution in [0.25, 0.3) is 0 Å². The van der Waals surface area contributed by atoms with Gasteiger partial charge >= 0.3 is 0 Å². The Morgan fingerprint density at radius 1 is 0.514 bits per heavy atom. The van der Waals surface area contributed by atoms with Crippen LogP contribution in [0.3, 0.4) is 0 Å². The zero-order chi connectivity index (χ0) is 25.2. The zero-order valence-electron chi connectivity index (χ0n) is 20.2. The van der Waals surface area contributed by atoms with Crippen molar-refractivity contribution in [1.82, 2.24) is 45.8 Å². The Hall–Kier alpha value is -4.27. The average Bonchev–Trinajstić information content (AvgIpc) is 3.62. The van der Waals surface area contributed by atoms with Crippen molar-refractivity contribution in [2.75, 3.05) is 0 Å². The molecule has 0 saturated carbocycles. The minimum atomic E-state index is 0.238. The van der Waals surface area contributed by atoms with Gasteiger partial charge in [-0.3, -0.25) is 0 Å². The summed E-state index contributed by atoms with van der Waals surface area (Å²) in [6, 6.07) is 0. The molecule has 15 heteroatoms. The van der Waals surface area contributed by atoms with Crippen LogP contribution in [0.4, 0.5) is 0 Å². The van der Waals surface area contributed by atoms with Crippen LogP contribution in [0.2, 0.25) is 0 Å². The van der Waals surface area contributed by atoms with Crippen LogP contribution in [0.1, 0.15) is 58.8 Å². The van der Waals surface area contributed by atoms with E-state index in [1.807, 2.05) is 0 Å². The molecule has 0 radical (unpaired) electrons. The molecule has 0 N–H and O–H groups in total. The van der Waals surface area contributed by atoms with Gasteiger partial charge in [-0.2, -0.15) is 0 Å². The Labute approximate surface area is 199 Å². The Kier molecular flexibility index (Phi) is 8.89. The van der Waals surface area contributed by atoms with Gasteiger partial charge in [-0.25, -0.2) is 4.98 Å². The number of ether oxygens (including phenoxy) is 1. The quantitative estimate of drug-likeness (QED) is 0.339. The molecular weight excluding hydrogens is 462 g/mol. The Bertz CT molecular complexity index is 1210. The van der Waals surface area contributed by atoms with E-state index in [2.05, 4.69) is 45.8 Å². The molecule has 5 heterocycles. The van der Waals surface area contributed by atoms with Gasteiger partial charge in [0, 0.05) is 41.5 Å². The second-order valence-electron chi connectivity index (χ2n) is 7.00. The van der Waals surface area contributed by atoms with Gasteiger partial charge in [0.15, 0.2) is 5.89 Å². The monoisotopic (exact) mass is 487 g/mol. The van der Waals surface area contributed by atoms with Crippen LogP contribution >= 0.6 is 0 Å². The summed E-state index contributed by atoms with van der Waals surface area (Å²) in [4.78, 5) is 3.96. The number of nitrogens with zero attached hydrogens (tertiary/aromatic N) is 9. The largest absolute Gasteiger partial charge is 0.446 e. The van der Waals surface area contributed by atoms with Crippen LogP contribution in [-0.4, -0.2) is 45.8 Å². The number of oxazole rings is 1. The molecule has 0 fully saturated rings.